The largest absolute Gasteiger partial charge is 0.463 e. The summed E-state index contributed by atoms with van der Waals surface area (Å²) in [6.07, 6.45) is 6.28. The van der Waals surface area contributed by atoms with Crippen molar-refractivity contribution in [1.82, 2.24) is 10.3 Å². The Bertz CT molecular complexity index is 719. The van der Waals surface area contributed by atoms with E-state index >= 15 is 0 Å². The molecule has 0 radical (unpaired) electrons. The van der Waals surface area contributed by atoms with Gasteiger partial charge in [0.25, 0.3) is 0 Å². The lowest BCUT2D eigenvalue weighted by Gasteiger charge is -2.34. The van der Waals surface area contributed by atoms with Crippen molar-refractivity contribution in [3.8, 4) is 0 Å². The zero-order valence-electron chi connectivity index (χ0n) is 14.1. The summed E-state index contributed by atoms with van der Waals surface area (Å²) in [5.41, 5.74) is 3.98. The van der Waals surface area contributed by atoms with Crippen LogP contribution in [-0.2, 0) is 14.3 Å². The highest BCUT2D eigenvalue weighted by molar-refractivity contribution is 6.03. The highest BCUT2D eigenvalue weighted by atomic mass is 16.5. The predicted molar refractivity (Wildman–Crippen MR) is 89.9 cm³/mol. The molecule has 1 aliphatic heterocycles. The number of ketones is 1. The number of Topliss-reactive ketones (excluding diaryl/α,β-unsaturated/α-hetero) is 1. The maximum absolute atomic E-state index is 12.7. The number of aromatic nitrogens is 1. The van der Waals surface area contributed by atoms with Crippen LogP contribution in [-0.4, -0.2) is 23.3 Å². The number of hydrogen-bond donors (Lipinski definition) is 1. The first-order valence-corrected chi connectivity index (χ1v) is 8.50. The molecule has 1 aromatic rings. The summed E-state index contributed by atoms with van der Waals surface area (Å²) in [6.45, 7) is 4.10. The van der Waals surface area contributed by atoms with Crippen LogP contribution in [0.3, 0.4) is 0 Å². The molecule has 1 unspecified atom stereocenters. The van der Waals surface area contributed by atoms with E-state index in [0.29, 0.717) is 30.6 Å². The first-order chi connectivity index (χ1) is 11.7. The Hall–Kier alpha value is -2.43. The molecule has 1 aromatic heterocycles. The van der Waals surface area contributed by atoms with Crippen molar-refractivity contribution in [3.63, 3.8) is 0 Å². The summed E-state index contributed by atoms with van der Waals surface area (Å²) in [5, 5.41) is 3.35. The highest BCUT2D eigenvalue weighted by Crippen LogP contribution is 2.42. The fourth-order valence-electron chi connectivity index (χ4n) is 3.51. The van der Waals surface area contributed by atoms with Crippen molar-refractivity contribution in [3.05, 3.63) is 52.6 Å². The standard InChI is InChI=1S/C19H22N2O3/c1-3-13-18(19(23)24-4-2)16(12-8-10-20-11-9-12)17-14(21-13)6-5-7-15(17)22/h8-11,16,21H,3-7H2,1-2H3. The third-order valence-corrected chi connectivity index (χ3v) is 4.55. The maximum atomic E-state index is 12.7. The van der Waals surface area contributed by atoms with E-state index in [1.54, 1.807) is 19.3 Å². The third kappa shape index (κ3) is 2.86. The Labute approximate surface area is 141 Å². The Morgan fingerprint density at radius 1 is 1.29 bits per heavy atom. The summed E-state index contributed by atoms with van der Waals surface area (Å²) < 4.78 is 5.29. The fourth-order valence-corrected chi connectivity index (χ4v) is 3.51. The van der Waals surface area contributed by atoms with E-state index in [4.69, 9.17) is 4.74 Å². The van der Waals surface area contributed by atoms with Gasteiger partial charge in [0.1, 0.15) is 0 Å². The van der Waals surface area contributed by atoms with Gasteiger partial charge in [-0.1, -0.05) is 6.92 Å². The minimum absolute atomic E-state index is 0.113. The van der Waals surface area contributed by atoms with Crippen LogP contribution in [0.15, 0.2) is 47.1 Å². The van der Waals surface area contributed by atoms with E-state index in [1.807, 2.05) is 19.1 Å². The van der Waals surface area contributed by atoms with E-state index in [-0.39, 0.29) is 17.7 Å². The van der Waals surface area contributed by atoms with Crippen LogP contribution in [0.5, 0.6) is 0 Å². The first kappa shape index (κ1) is 16.4. The van der Waals surface area contributed by atoms with E-state index in [1.165, 1.54) is 0 Å². The van der Waals surface area contributed by atoms with Crippen molar-refractivity contribution in [2.24, 2.45) is 0 Å². The quantitative estimate of drug-likeness (QED) is 0.862. The summed E-state index contributed by atoms with van der Waals surface area (Å²) in [7, 11) is 0. The number of rotatable bonds is 4. The molecule has 5 heteroatoms. The zero-order chi connectivity index (χ0) is 17.1. The number of nitrogens with one attached hydrogen (secondary N) is 1. The maximum Gasteiger partial charge on any atom is 0.336 e. The topological polar surface area (TPSA) is 68.3 Å². The Kier molecular flexibility index (Phi) is 4.79. The number of nitrogens with zero attached hydrogens (tertiary/aromatic N) is 1. The molecule has 1 atom stereocenters. The molecule has 0 saturated heterocycles. The second-order valence-corrected chi connectivity index (χ2v) is 5.97. The molecule has 5 nitrogen and oxygen atoms in total. The number of dihydropyridines is 1. The van der Waals surface area contributed by atoms with Crippen LogP contribution >= 0.6 is 0 Å². The lowest BCUT2D eigenvalue weighted by atomic mass is 9.75. The smallest absolute Gasteiger partial charge is 0.336 e. The van der Waals surface area contributed by atoms with E-state index in [2.05, 4.69) is 10.3 Å². The lowest BCUT2D eigenvalue weighted by molar-refractivity contribution is -0.138. The van der Waals surface area contributed by atoms with Crippen molar-refractivity contribution in [2.75, 3.05) is 6.61 Å². The monoisotopic (exact) mass is 326 g/mol. The number of carbonyl (C=O) groups excluding carboxylic acids is 2. The number of pyridine rings is 1. The molecule has 24 heavy (non-hydrogen) atoms. The second-order valence-electron chi connectivity index (χ2n) is 5.97. The molecular formula is C19H22N2O3. The van der Waals surface area contributed by atoms with Gasteiger partial charge in [-0.05, 0) is 43.9 Å². The summed E-state index contributed by atoms with van der Waals surface area (Å²) in [6, 6.07) is 3.74. The van der Waals surface area contributed by atoms with Crippen LogP contribution in [0.2, 0.25) is 0 Å². The van der Waals surface area contributed by atoms with Crippen molar-refractivity contribution >= 4 is 11.8 Å². The van der Waals surface area contributed by atoms with E-state index < -0.39 is 0 Å². The van der Waals surface area contributed by atoms with Gasteiger partial charge in [0.05, 0.1) is 12.2 Å². The number of ether oxygens (including phenoxy) is 1. The Morgan fingerprint density at radius 2 is 2.04 bits per heavy atom. The molecule has 3 rings (SSSR count). The van der Waals surface area contributed by atoms with Gasteiger partial charge in [-0.3, -0.25) is 9.78 Å². The average Bonchev–Trinajstić information content (AvgIpc) is 2.61. The number of esters is 1. The number of allylic oxidation sites excluding steroid dienone is 3. The molecule has 126 valence electrons. The summed E-state index contributed by atoms with van der Waals surface area (Å²) >= 11 is 0. The van der Waals surface area contributed by atoms with Crippen molar-refractivity contribution < 1.29 is 14.3 Å². The van der Waals surface area contributed by atoms with Gasteiger partial charge < -0.3 is 10.1 Å². The number of carbonyl (C=O) groups is 2. The molecule has 0 saturated carbocycles. The van der Waals surface area contributed by atoms with Gasteiger partial charge in [-0.25, -0.2) is 4.79 Å². The summed E-state index contributed by atoms with van der Waals surface area (Å²) in [4.78, 5) is 29.4. The SMILES string of the molecule is CCOC(=O)C1=C(CC)NC2=C(C(=O)CCC2)C1c1ccncc1. The van der Waals surface area contributed by atoms with Gasteiger partial charge in [0.2, 0.25) is 0 Å². The third-order valence-electron chi connectivity index (χ3n) is 4.55. The molecular weight excluding hydrogens is 304 g/mol. The Balaban J connectivity index is 2.17. The van der Waals surface area contributed by atoms with Crippen LogP contribution < -0.4 is 5.32 Å². The van der Waals surface area contributed by atoms with Crippen LogP contribution in [0.25, 0.3) is 0 Å². The van der Waals surface area contributed by atoms with Crippen LogP contribution in [0.1, 0.15) is 51.0 Å². The molecule has 2 aliphatic rings. The van der Waals surface area contributed by atoms with Gasteiger partial charge in [0.15, 0.2) is 5.78 Å². The van der Waals surface area contributed by atoms with E-state index in [9.17, 15) is 9.59 Å². The molecule has 0 fully saturated rings. The lowest BCUT2D eigenvalue weighted by Crippen LogP contribution is -2.35. The molecule has 1 aliphatic carbocycles. The molecule has 0 amide bonds. The minimum Gasteiger partial charge on any atom is -0.463 e. The van der Waals surface area contributed by atoms with Gasteiger partial charge in [0, 0.05) is 41.7 Å². The van der Waals surface area contributed by atoms with Crippen molar-refractivity contribution in [1.29, 1.82) is 0 Å². The minimum atomic E-state index is -0.369. The molecule has 2 heterocycles. The number of hydrogen-bond acceptors (Lipinski definition) is 5. The first-order valence-electron chi connectivity index (χ1n) is 8.50. The normalized spacial score (nSPS) is 20.6. The van der Waals surface area contributed by atoms with Gasteiger partial charge in [-0.2, -0.15) is 0 Å². The van der Waals surface area contributed by atoms with Crippen LogP contribution in [0, 0.1) is 0 Å². The van der Waals surface area contributed by atoms with Gasteiger partial charge in [-0.15, -0.1) is 0 Å². The average molecular weight is 326 g/mol. The summed E-state index contributed by atoms with van der Waals surface area (Å²) in [5.74, 6) is -0.609. The predicted octanol–water partition coefficient (Wildman–Crippen LogP) is 3.00. The van der Waals surface area contributed by atoms with Crippen LogP contribution in [0.4, 0.5) is 0 Å². The van der Waals surface area contributed by atoms with E-state index in [0.717, 1.165) is 29.8 Å². The molecule has 1 N–H and O–H groups in total. The van der Waals surface area contributed by atoms with Crippen molar-refractivity contribution in [2.45, 2.75) is 45.4 Å². The molecule has 0 spiro atoms. The second kappa shape index (κ2) is 6.99. The zero-order valence-corrected chi connectivity index (χ0v) is 14.1. The fraction of sp³-hybridized carbons (Fsp3) is 0.421. The van der Waals surface area contributed by atoms with Gasteiger partial charge >= 0.3 is 5.97 Å². The highest BCUT2D eigenvalue weighted by Gasteiger charge is 2.39. The molecule has 0 aromatic carbocycles. The Morgan fingerprint density at radius 3 is 2.71 bits per heavy atom. The molecule has 0 bridgehead atoms.